The Balaban J connectivity index is 1.54. The number of carbonyl (C=O) groups is 2. The number of aromatic nitrogens is 1. The van der Waals surface area contributed by atoms with Crippen molar-refractivity contribution in [2.45, 2.75) is 6.54 Å². The van der Waals surface area contributed by atoms with Gasteiger partial charge in [-0.05, 0) is 48.0 Å². The Hall–Kier alpha value is -4.59. The van der Waals surface area contributed by atoms with Crippen LogP contribution in [0.5, 0.6) is 11.6 Å². The molecule has 0 unspecified atom stereocenters. The van der Waals surface area contributed by atoms with Crippen LogP contribution in [0.1, 0.15) is 5.56 Å². The molecule has 5 N–H and O–H groups in total. The Morgan fingerprint density at radius 3 is 2.44 bits per heavy atom. The van der Waals surface area contributed by atoms with Crippen LogP contribution < -0.4 is 31.8 Å². The number of hydrogen-bond acceptors (Lipinski definition) is 7. The third kappa shape index (κ3) is 8.32. The number of nitrogens with one attached hydrogen (secondary N) is 5. The number of carbonyl (C=O) groups excluding carboxylic acids is 2. The minimum absolute atomic E-state index is 0.0358. The molecule has 0 aliphatic carbocycles. The van der Waals surface area contributed by atoms with E-state index in [2.05, 4.69) is 37.9 Å². The van der Waals surface area contributed by atoms with E-state index in [1.54, 1.807) is 48.5 Å². The largest absolute Gasteiger partial charge is 0.439 e. The maximum Gasteiger partial charge on any atom is 0.259 e. The summed E-state index contributed by atoms with van der Waals surface area (Å²) < 4.78 is 18.7. The van der Waals surface area contributed by atoms with Crippen molar-refractivity contribution < 1.29 is 18.7 Å². The van der Waals surface area contributed by atoms with Crippen molar-refractivity contribution in [1.82, 2.24) is 26.6 Å². The predicted octanol–water partition coefficient (Wildman–Crippen LogP) is 3.04. The van der Waals surface area contributed by atoms with Crippen molar-refractivity contribution in [3.8, 4) is 24.0 Å². The van der Waals surface area contributed by atoms with Gasteiger partial charge in [-0.3, -0.25) is 9.59 Å². The molecule has 0 saturated carbocycles. The number of nitrogens with zero attached hydrogens (tertiary/aromatic N) is 1. The lowest BCUT2D eigenvalue weighted by Gasteiger charge is -2.12. The molecule has 11 heteroatoms. The molecule has 0 fully saturated rings. The molecule has 0 atom stereocenters. The van der Waals surface area contributed by atoms with Crippen LogP contribution >= 0.6 is 11.6 Å². The number of benzene rings is 2. The molecule has 0 radical (unpaired) electrons. The van der Waals surface area contributed by atoms with Gasteiger partial charge >= 0.3 is 0 Å². The maximum atomic E-state index is 13.2. The van der Waals surface area contributed by atoms with Gasteiger partial charge in [0.1, 0.15) is 11.3 Å². The van der Waals surface area contributed by atoms with Gasteiger partial charge in [0.25, 0.3) is 11.8 Å². The summed E-state index contributed by atoms with van der Waals surface area (Å²) >= 11 is 5.87. The van der Waals surface area contributed by atoms with E-state index >= 15 is 0 Å². The summed E-state index contributed by atoms with van der Waals surface area (Å²) in [7, 11) is 0. The highest BCUT2D eigenvalue weighted by Gasteiger charge is 2.17. The van der Waals surface area contributed by atoms with Crippen LogP contribution in [0.3, 0.4) is 0 Å². The van der Waals surface area contributed by atoms with Crippen molar-refractivity contribution in [2.24, 2.45) is 0 Å². The second-order valence-corrected chi connectivity index (χ2v) is 7.51. The van der Waals surface area contributed by atoms with Gasteiger partial charge in [-0.25, -0.2) is 0 Å². The summed E-state index contributed by atoms with van der Waals surface area (Å²) in [6, 6.07) is 17.9. The zero-order valence-electron chi connectivity index (χ0n) is 18.8. The lowest BCUT2D eigenvalue weighted by atomic mass is 10.2. The minimum atomic E-state index is -0.650. The third-order valence-electron chi connectivity index (χ3n) is 4.47. The monoisotopic (exact) mass is 508 g/mol. The molecule has 0 saturated heterocycles. The van der Waals surface area contributed by atoms with Crippen LogP contribution in [-0.4, -0.2) is 23.3 Å². The van der Waals surface area contributed by atoms with Gasteiger partial charge < -0.3 is 26.2 Å². The molecule has 184 valence electrons. The number of hydrazine groups is 2. The van der Waals surface area contributed by atoms with E-state index in [-0.39, 0.29) is 24.5 Å². The molecule has 0 aliphatic heterocycles. The Morgan fingerprint density at radius 2 is 1.75 bits per heavy atom. The van der Waals surface area contributed by atoms with Gasteiger partial charge in [0.2, 0.25) is 11.8 Å². The molecule has 0 bridgehead atoms. The Morgan fingerprint density at radius 1 is 1.03 bits per heavy atom. The number of rotatable bonds is 11. The molecular formula is C25H22ClFN6O3. The highest BCUT2D eigenvalue weighted by atomic mass is 35.5. The number of anilines is 1. The van der Waals surface area contributed by atoms with Crippen molar-refractivity contribution >= 4 is 29.1 Å². The highest BCUT2D eigenvalue weighted by molar-refractivity contribution is 6.30. The van der Waals surface area contributed by atoms with Crippen molar-refractivity contribution in [1.29, 1.82) is 0 Å². The molecule has 3 rings (SSSR count). The number of pyridine rings is 1. The number of ether oxygens (including phenoxy) is 1. The van der Waals surface area contributed by atoms with E-state index in [0.29, 0.717) is 16.5 Å². The van der Waals surface area contributed by atoms with Crippen molar-refractivity contribution in [2.75, 3.05) is 12.0 Å². The first-order valence-corrected chi connectivity index (χ1v) is 10.9. The van der Waals surface area contributed by atoms with E-state index in [1.165, 1.54) is 24.4 Å². The first-order valence-electron chi connectivity index (χ1n) is 10.6. The predicted molar refractivity (Wildman–Crippen MR) is 134 cm³/mol. The Bertz CT molecular complexity index is 1260. The topological polar surface area (TPSA) is 116 Å². The maximum absolute atomic E-state index is 13.2. The number of hydrogen-bond donors (Lipinski definition) is 5. The lowest BCUT2D eigenvalue weighted by molar-refractivity contribution is -0.123. The highest BCUT2D eigenvalue weighted by Crippen LogP contribution is 2.21. The van der Waals surface area contributed by atoms with E-state index in [4.69, 9.17) is 22.8 Å². The fraction of sp³-hybridized carbons (Fsp3) is 0.0800. The first kappa shape index (κ1) is 26.0. The lowest BCUT2D eigenvalue weighted by Crippen LogP contribution is -2.38. The summed E-state index contributed by atoms with van der Waals surface area (Å²) in [6.07, 6.45) is 6.38. The summed E-state index contributed by atoms with van der Waals surface area (Å²) in [5.74, 6) is 0.969. The van der Waals surface area contributed by atoms with Crippen molar-refractivity contribution in [3.63, 3.8) is 0 Å². The molecule has 0 aliphatic rings. The van der Waals surface area contributed by atoms with E-state index in [0.717, 1.165) is 5.56 Å². The van der Waals surface area contributed by atoms with Gasteiger partial charge in [-0.15, -0.1) is 6.42 Å². The normalized spacial score (nSPS) is 10.6. The van der Waals surface area contributed by atoms with Gasteiger partial charge in [-0.1, -0.05) is 35.7 Å². The van der Waals surface area contributed by atoms with Gasteiger partial charge in [0.05, 0.1) is 12.2 Å². The summed E-state index contributed by atoms with van der Waals surface area (Å²) in [5.41, 5.74) is 9.38. The molecule has 2 amide bonds. The second kappa shape index (κ2) is 13.3. The Kier molecular flexibility index (Phi) is 9.64. The quantitative estimate of drug-likeness (QED) is 0.0514. The summed E-state index contributed by atoms with van der Waals surface area (Å²) in [4.78, 5) is 28.6. The number of terminal acetylenes is 1. The van der Waals surface area contributed by atoms with E-state index in [1.807, 2.05) is 0 Å². The molecule has 36 heavy (non-hydrogen) atoms. The number of halogens is 2. The van der Waals surface area contributed by atoms with Crippen LogP contribution in [0.25, 0.3) is 0 Å². The minimum Gasteiger partial charge on any atom is -0.439 e. The standard InChI is InChI=1S/C25H22ClFN6O3/c1-2-14-28-24(34)21(25(35)29-15-17-6-8-18(26)9-7-17)16-30-33-32-19-10-12-20(13-11-19)36-23-5-3-4-22(27)31-23/h1,3-13,16,30,32-33H,14-15H2,(H,28,34)(H,29,35)/b21-16-. The van der Waals surface area contributed by atoms with Crippen LogP contribution in [0.15, 0.2) is 78.5 Å². The molecule has 3 aromatic rings. The van der Waals surface area contributed by atoms with Gasteiger partial charge in [0, 0.05) is 23.8 Å². The smallest absolute Gasteiger partial charge is 0.259 e. The van der Waals surface area contributed by atoms with Crippen molar-refractivity contribution in [3.05, 3.63) is 95.0 Å². The van der Waals surface area contributed by atoms with Crippen LogP contribution in [0.4, 0.5) is 10.1 Å². The Labute approximate surface area is 212 Å². The molecule has 2 aromatic carbocycles. The molecule has 9 nitrogen and oxygen atoms in total. The van der Waals surface area contributed by atoms with Crippen LogP contribution in [0, 0.1) is 18.3 Å². The average Bonchev–Trinajstić information content (AvgIpc) is 2.88. The van der Waals surface area contributed by atoms with E-state index < -0.39 is 17.8 Å². The average molecular weight is 509 g/mol. The number of amides is 2. The molecular weight excluding hydrogens is 487 g/mol. The fourth-order valence-electron chi connectivity index (χ4n) is 2.73. The third-order valence-corrected chi connectivity index (χ3v) is 4.72. The summed E-state index contributed by atoms with van der Waals surface area (Å²) in [6.45, 7) is 0.160. The summed E-state index contributed by atoms with van der Waals surface area (Å²) in [5, 5.41) is 5.70. The molecule has 0 spiro atoms. The van der Waals surface area contributed by atoms with E-state index in [9.17, 15) is 14.0 Å². The second-order valence-electron chi connectivity index (χ2n) is 7.07. The first-order chi connectivity index (χ1) is 17.4. The zero-order valence-corrected chi connectivity index (χ0v) is 19.6. The molecule has 1 aromatic heterocycles. The van der Waals surface area contributed by atoms with Gasteiger partial charge in [-0.2, -0.15) is 14.9 Å². The SMILES string of the molecule is C#CCNC(=O)/C(=C/NNNc1ccc(Oc2cccc(F)n2)cc1)C(=O)NCc1ccc(Cl)cc1. The van der Waals surface area contributed by atoms with Crippen LogP contribution in [0.2, 0.25) is 5.02 Å². The zero-order chi connectivity index (χ0) is 25.8. The molecule has 1 heterocycles. The van der Waals surface area contributed by atoms with Crippen LogP contribution in [-0.2, 0) is 16.1 Å². The fourth-order valence-corrected chi connectivity index (χ4v) is 2.86. The van der Waals surface area contributed by atoms with Gasteiger partial charge in [0.15, 0.2) is 0 Å².